The van der Waals surface area contributed by atoms with Crippen LogP contribution in [0.5, 0.6) is 5.75 Å². The van der Waals surface area contributed by atoms with Crippen molar-refractivity contribution in [1.82, 2.24) is 9.78 Å². The van der Waals surface area contributed by atoms with Crippen LogP contribution in [0.4, 0.5) is 13.2 Å². The number of ether oxygens (including phenoxy) is 1. The van der Waals surface area contributed by atoms with Crippen LogP contribution in [-0.2, 0) is 12.8 Å². The lowest BCUT2D eigenvalue weighted by molar-refractivity contribution is -0.141. The number of aromatic nitrogens is 2. The minimum atomic E-state index is -4.53. The Balaban J connectivity index is 1.66. The number of alkyl halides is 3. The van der Waals surface area contributed by atoms with Crippen LogP contribution >= 0.6 is 0 Å². The predicted molar refractivity (Wildman–Crippen MR) is 110 cm³/mol. The maximum absolute atomic E-state index is 13.3. The summed E-state index contributed by atoms with van der Waals surface area (Å²) in [4.78, 5) is 0. The van der Waals surface area contributed by atoms with E-state index < -0.39 is 11.9 Å². The van der Waals surface area contributed by atoms with E-state index in [0.717, 1.165) is 17.2 Å². The highest BCUT2D eigenvalue weighted by Gasteiger charge is 2.35. The standard InChI is InChI=1S/C24H19F3N2O/c1-17-7-5-6-10-21(17)29-22(15-23(28-29)24(25,26)27)19-11-13-20(14-12-19)30-16-18-8-3-2-4-9-18/h2-15H,16H2,1H3. The summed E-state index contributed by atoms with van der Waals surface area (Å²) >= 11 is 0. The molecule has 0 fully saturated rings. The van der Waals surface area contributed by atoms with Crippen molar-refractivity contribution >= 4 is 0 Å². The molecule has 0 atom stereocenters. The molecule has 0 aliphatic rings. The van der Waals surface area contributed by atoms with Crippen LogP contribution in [0, 0.1) is 6.92 Å². The molecule has 4 aromatic rings. The third-order valence-electron chi connectivity index (χ3n) is 4.74. The van der Waals surface area contributed by atoms with Crippen LogP contribution < -0.4 is 4.74 Å². The third-order valence-corrected chi connectivity index (χ3v) is 4.74. The van der Waals surface area contributed by atoms with E-state index in [1.807, 2.05) is 49.4 Å². The first-order chi connectivity index (χ1) is 14.4. The van der Waals surface area contributed by atoms with E-state index in [2.05, 4.69) is 5.10 Å². The Kier molecular flexibility index (Phi) is 5.31. The molecule has 0 N–H and O–H groups in total. The SMILES string of the molecule is Cc1ccccc1-n1nc(C(F)(F)F)cc1-c1ccc(OCc2ccccc2)cc1. The Bertz CT molecular complexity index is 1130. The molecule has 6 heteroatoms. The Morgan fingerprint density at radius 2 is 1.53 bits per heavy atom. The average Bonchev–Trinajstić information content (AvgIpc) is 3.19. The van der Waals surface area contributed by atoms with Gasteiger partial charge in [-0.05, 0) is 54.4 Å². The third kappa shape index (κ3) is 4.22. The fraction of sp³-hybridized carbons (Fsp3) is 0.125. The normalized spacial score (nSPS) is 11.5. The van der Waals surface area contributed by atoms with E-state index in [1.54, 1.807) is 36.4 Å². The molecule has 0 amide bonds. The molecule has 30 heavy (non-hydrogen) atoms. The Morgan fingerprint density at radius 3 is 2.20 bits per heavy atom. The summed E-state index contributed by atoms with van der Waals surface area (Å²) in [6.07, 6.45) is -4.53. The summed E-state index contributed by atoms with van der Waals surface area (Å²) in [5.74, 6) is 0.639. The molecule has 152 valence electrons. The van der Waals surface area contributed by atoms with Gasteiger partial charge in [-0.25, -0.2) is 4.68 Å². The minimum Gasteiger partial charge on any atom is -0.489 e. The second-order valence-electron chi connectivity index (χ2n) is 6.91. The number of halogens is 3. The summed E-state index contributed by atoms with van der Waals surface area (Å²) in [7, 11) is 0. The molecule has 4 rings (SSSR count). The van der Waals surface area contributed by atoms with Crippen LogP contribution in [0.15, 0.2) is 84.9 Å². The highest BCUT2D eigenvalue weighted by atomic mass is 19.4. The van der Waals surface area contributed by atoms with Gasteiger partial charge in [0, 0.05) is 5.56 Å². The smallest absolute Gasteiger partial charge is 0.435 e. The Hall–Kier alpha value is -3.54. The molecule has 3 nitrogen and oxygen atoms in total. The number of rotatable bonds is 5. The van der Waals surface area contributed by atoms with Crippen LogP contribution in [-0.4, -0.2) is 9.78 Å². The van der Waals surface area contributed by atoms with E-state index in [0.29, 0.717) is 29.3 Å². The largest absolute Gasteiger partial charge is 0.489 e. The minimum absolute atomic E-state index is 0.367. The molecule has 1 aromatic heterocycles. The topological polar surface area (TPSA) is 27.1 Å². The first-order valence-corrected chi connectivity index (χ1v) is 9.42. The van der Waals surface area contributed by atoms with Gasteiger partial charge in [0.1, 0.15) is 12.4 Å². The van der Waals surface area contributed by atoms with Crippen LogP contribution in [0.25, 0.3) is 16.9 Å². The highest BCUT2D eigenvalue weighted by Crippen LogP contribution is 2.34. The van der Waals surface area contributed by atoms with Crippen molar-refractivity contribution in [1.29, 1.82) is 0 Å². The zero-order valence-corrected chi connectivity index (χ0v) is 16.2. The number of nitrogens with zero attached hydrogens (tertiary/aromatic N) is 2. The fourth-order valence-corrected chi connectivity index (χ4v) is 3.17. The molecule has 0 radical (unpaired) electrons. The second kappa shape index (κ2) is 8.06. The van der Waals surface area contributed by atoms with E-state index in [4.69, 9.17) is 4.74 Å². The van der Waals surface area contributed by atoms with Gasteiger partial charge >= 0.3 is 6.18 Å². The van der Waals surface area contributed by atoms with Gasteiger partial charge in [-0.1, -0.05) is 48.5 Å². The molecule has 0 saturated carbocycles. The zero-order chi connectivity index (χ0) is 21.1. The summed E-state index contributed by atoms with van der Waals surface area (Å²) in [5, 5.41) is 3.85. The van der Waals surface area contributed by atoms with Gasteiger partial charge in [0.15, 0.2) is 5.69 Å². The molecule has 0 aliphatic heterocycles. The zero-order valence-electron chi connectivity index (χ0n) is 16.2. The van der Waals surface area contributed by atoms with Gasteiger partial charge in [0.25, 0.3) is 0 Å². The number of benzene rings is 3. The maximum Gasteiger partial charge on any atom is 0.435 e. The summed E-state index contributed by atoms with van der Waals surface area (Å²) in [5.41, 5.74) is 2.53. The number of hydrogen-bond acceptors (Lipinski definition) is 2. The quantitative estimate of drug-likeness (QED) is 0.380. The molecular formula is C24H19F3N2O. The van der Waals surface area contributed by atoms with Gasteiger partial charge in [-0.15, -0.1) is 0 Å². The molecular weight excluding hydrogens is 389 g/mol. The maximum atomic E-state index is 13.3. The molecule has 3 aromatic carbocycles. The molecule has 0 saturated heterocycles. The fourth-order valence-electron chi connectivity index (χ4n) is 3.17. The van der Waals surface area contributed by atoms with Crippen LogP contribution in [0.3, 0.4) is 0 Å². The molecule has 0 bridgehead atoms. The van der Waals surface area contributed by atoms with Crippen molar-refractivity contribution in [2.45, 2.75) is 19.7 Å². The summed E-state index contributed by atoms with van der Waals surface area (Å²) in [6, 6.07) is 25.0. The monoisotopic (exact) mass is 408 g/mol. The van der Waals surface area contributed by atoms with Crippen molar-refractivity contribution in [3.05, 3.63) is 102 Å². The Morgan fingerprint density at radius 1 is 0.867 bits per heavy atom. The van der Waals surface area contributed by atoms with Gasteiger partial charge in [0.2, 0.25) is 0 Å². The van der Waals surface area contributed by atoms with Crippen molar-refractivity contribution < 1.29 is 17.9 Å². The van der Waals surface area contributed by atoms with E-state index in [1.165, 1.54) is 4.68 Å². The van der Waals surface area contributed by atoms with Gasteiger partial charge in [0.05, 0.1) is 11.4 Å². The lowest BCUT2D eigenvalue weighted by atomic mass is 10.1. The van der Waals surface area contributed by atoms with E-state index in [-0.39, 0.29) is 0 Å². The first-order valence-electron chi connectivity index (χ1n) is 9.42. The average molecular weight is 408 g/mol. The molecule has 0 aliphatic carbocycles. The lowest BCUT2D eigenvalue weighted by Gasteiger charge is -2.11. The molecule has 1 heterocycles. The molecule has 0 unspecified atom stereocenters. The van der Waals surface area contributed by atoms with Crippen molar-refractivity contribution in [2.75, 3.05) is 0 Å². The van der Waals surface area contributed by atoms with Gasteiger partial charge in [-0.2, -0.15) is 18.3 Å². The van der Waals surface area contributed by atoms with E-state index >= 15 is 0 Å². The summed E-state index contributed by atoms with van der Waals surface area (Å²) in [6.45, 7) is 2.26. The Labute approximate surface area is 172 Å². The highest BCUT2D eigenvalue weighted by molar-refractivity contribution is 5.64. The van der Waals surface area contributed by atoms with Crippen molar-refractivity contribution in [3.8, 4) is 22.7 Å². The number of para-hydroxylation sites is 1. The summed E-state index contributed by atoms with van der Waals surface area (Å²) < 4.78 is 47.1. The number of hydrogen-bond donors (Lipinski definition) is 0. The second-order valence-corrected chi connectivity index (χ2v) is 6.91. The van der Waals surface area contributed by atoms with Crippen LogP contribution in [0.1, 0.15) is 16.8 Å². The molecule has 0 spiro atoms. The first kappa shape index (κ1) is 19.8. The van der Waals surface area contributed by atoms with E-state index in [9.17, 15) is 13.2 Å². The van der Waals surface area contributed by atoms with Gasteiger partial charge in [-0.3, -0.25) is 0 Å². The van der Waals surface area contributed by atoms with Crippen molar-refractivity contribution in [2.24, 2.45) is 0 Å². The predicted octanol–water partition coefficient (Wildman–Crippen LogP) is 6.45. The van der Waals surface area contributed by atoms with Crippen LogP contribution in [0.2, 0.25) is 0 Å². The van der Waals surface area contributed by atoms with Gasteiger partial charge < -0.3 is 4.74 Å². The number of aryl methyl sites for hydroxylation is 1. The van der Waals surface area contributed by atoms with Crippen molar-refractivity contribution in [3.63, 3.8) is 0 Å². The lowest BCUT2D eigenvalue weighted by Crippen LogP contribution is -2.08.